The molecule has 0 aliphatic rings. The van der Waals surface area contributed by atoms with Crippen LogP contribution < -0.4 is 5.56 Å². The van der Waals surface area contributed by atoms with E-state index < -0.39 is 0 Å². The van der Waals surface area contributed by atoms with Crippen LogP contribution in [0.15, 0.2) is 59.7 Å². The lowest BCUT2D eigenvalue weighted by Crippen LogP contribution is -2.21. The van der Waals surface area contributed by atoms with Crippen LogP contribution in [0.5, 0.6) is 0 Å². The van der Waals surface area contributed by atoms with Crippen molar-refractivity contribution in [1.82, 2.24) is 24.5 Å². The van der Waals surface area contributed by atoms with E-state index in [0.717, 1.165) is 5.56 Å². The molecule has 8 heteroatoms. The average Bonchev–Trinajstić information content (AvgIpc) is 3.04. The van der Waals surface area contributed by atoms with E-state index in [0.29, 0.717) is 27.9 Å². The van der Waals surface area contributed by atoms with E-state index in [9.17, 15) is 4.79 Å². The van der Waals surface area contributed by atoms with Gasteiger partial charge in [0.1, 0.15) is 6.33 Å². The Morgan fingerprint density at radius 3 is 2.68 bits per heavy atom. The monoisotopic (exact) mass is 371 g/mol. The molecule has 0 radical (unpaired) electrons. The maximum Gasteiger partial charge on any atom is 0.283 e. The fourth-order valence-electron chi connectivity index (χ4n) is 2.55. The lowest BCUT2D eigenvalue weighted by atomic mass is 10.2. The van der Waals surface area contributed by atoms with E-state index in [-0.39, 0.29) is 11.1 Å². The van der Waals surface area contributed by atoms with Crippen LogP contribution >= 0.6 is 23.2 Å². The van der Waals surface area contributed by atoms with Crippen LogP contribution in [0.4, 0.5) is 0 Å². The van der Waals surface area contributed by atoms with Gasteiger partial charge in [0.25, 0.3) is 5.56 Å². The quantitative estimate of drug-likeness (QED) is 0.553. The van der Waals surface area contributed by atoms with Gasteiger partial charge >= 0.3 is 0 Å². The summed E-state index contributed by atoms with van der Waals surface area (Å²) in [6.07, 6.45) is 1.47. The zero-order chi connectivity index (χ0) is 17.4. The third-order valence-electron chi connectivity index (χ3n) is 3.78. The summed E-state index contributed by atoms with van der Waals surface area (Å²) in [5.74, 6) is 0. The molecule has 25 heavy (non-hydrogen) atoms. The van der Waals surface area contributed by atoms with E-state index in [4.69, 9.17) is 23.2 Å². The predicted octanol–water partition coefficient (Wildman–Crippen LogP) is 3.33. The van der Waals surface area contributed by atoms with Crippen molar-refractivity contribution in [3.63, 3.8) is 0 Å². The Morgan fingerprint density at radius 2 is 1.88 bits per heavy atom. The number of halogens is 2. The molecule has 0 fully saturated rings. The molecule has 0 N–H and O–H groups in total. The van der Waals surface area contributed by atoms with Crippen molar-refractivity contribution >= 4 is 34.4 Å². The maximum atomic E-state index is 12.7. The largest absolute Gasteiger partial charge is 0.293 e. The third-order valence-corrected chi connectivity index (χ3v) is 4.38. The first-order valence-corrected chi connectivity index (χ1v) is 8.19. The molecule has 2 aromatic heterocycles. The second kappa shape index (κ2) is 6.31. The summed E-state index contributed by atoms with van der Waals surface area (Å²) >= 11 is 12.2. The van der Waals surface area contributed by atoms with Crippen LogP contribution in [0, 0.1) is 0 Å². The number of hydrogen-bond donors (Lipinski definition) is 0. The van der Waals surface area contributed by atoms with Gasteiger partial charge in [0.2, 0.25) is 0 Å². The van der Waals surface area contributed by atoms with Crippen LogP contribution in [0.3, 0.4) is 0 Å². The van der Waals surface area contributed by atoms with Crippen LogP contribution in [0.25, 0.3) is 16.9 Å². The molecule has 0 amide bonds. The zero-order valence-corrected chi connectivity index (χ0v) is 14.3. The Hall–Kier alpha value is -2.70. The van der Waals surface area contributed by atoms with Crippen LogP contribution in [-0.2, 0) is 6.54 Å². The molecule has 0 bridgehead atoms. The first kappa shape index (κ1) is 15.8. The summed E-state index contributed by atoms with van der Waals surface area (Å²) in [4.78, 5) is 17.0. The normalized spacial score (nSPS) is 11.1. The first-order valence-electron chi connectivity index (χ1n) is 7.44. The molecular formula is C17H11Cl2N5O. The standard InChI is InChI=1S/C17H11Cl2N5O/c18-12-5-3-6-13(8-12)24-16-15(21-22-24)17(25)23(10-20-16)9-11-4-1-2-7-14(11)19/h1-8,10H,9H2. The van der Waals surface area contributed by atoms with Gasteiger partial charge in [0.05, 0.1) is 12.2 Å². The summed E-state index contributed by atoms with van der Waals surface area (Å²) in [5.41, 5.74) is 1.80. The van der Waals surface area contributed by atoms with Crippen molar-refractivity contribution in [2.24, 2.45) is 0 Å². The number of fused-ring (bicyclic) bond motifs is 1. The van der Waals surface area contributed by atoms with Crippen molar-refractivity contribution in [2.75, 3.05) is 0 Å². The van der Waals surface area contributed by atoms with Gasteiger partial charge in [-0.05, 0) is 29.8 Å². The zero-order valence-electron chi connectivity index (χ0n) is 12.8. The van der Waals surface area contributed by atoms with Crippen molar-refractivity contribution in [1.29, 1.82) is 0 Å². The average molecular weight is 372 g/mol. The molecule has 2 heterocycles. The molecule has 124 valence electrons. The Labute approximate surface area is 152 Å². The van der Waals surface area contributed by atoms with Crippen LogP contribution in [-0.4, -0.2) is 24.5 Å². The van der Waals surface area contributed by atoms with Crippen molar-refractivity contribution < 1.29 is 0 Å². The molecule has 2 aromatic carbocycles. The van der Waals surface area contributed by atoms with E-state index in [2.05, 4.69) is 15.3 Å². The molecular weight excluding hydrogens is 361 g/mol. The summed E-state index contributed by atoms with van der Waals surface area (Å²) in [6.45, 7) is 0.311. The SMILES string of the molecule is O=c1c2nnn(-c3cccc(Cl)c3)c2ncn1Cc1ccccc1Cl. The topological polar surface area (TPSA) is 65.6 Å². The smallest absolute Gasteiger partial charge is 0.283 e. The minimum Gasteiger partial charge on any atom is -0.293 e. The lowest BCUT2D eigenvalue weighted by Gasteiger charge is -2.07. The predicted molar refractivity (Wildman–Crippen MR) is 96.5 cm³/mol. The van der Waals surface area contributed by atoms with E-state index in [1.165, 1.54) is 15.6 Å². The molecule has 0 aliphatic heterocycles. The molecule has 0 aliphatic carbocycles. The van der Waals surface area contributed by atoms with Gasteiger partial charge in [-0.1, -0.05) is 52.7 Å². The van der Waals surface area contributed by atoms with E-state index in [1.54, 1.807) is 24.3 Å². The molecule has 4 rings (SSSR count). The van der Waals surface area contributed by atoms with E-state index >= 15 is 0 Å². The fourth-order valence-corrected chi connectivity index (χ4v) is 2.93. The highest BCUT2D eigenvalue weighted by molar-refractivity contribution is 6.31. The number of rotatable bonds is 3. The summed E-state index contributed by atoms with van der Waals surface area (Å²) in [5, 5.41) is 9.19. The summed E-state index contributed by atoms with van der Waals surface area (Å²) in [6, 6.07) is 14.5. The van der Waals surface area contributed by atoms with Gasteiger partial charge in [-0.2, -0.15) is 4.68 Å². The minimum atomic E-state index is -0.279. The molecule has 0 spiro atoms. The molecule has 4 aromatic rings. The van der Waals surface area contributed by atoms with Gasteiger partial charge in [-0.15, -0.1) is 5.10 Å². The number of nitrogens with zero attached hydrogens (tertiary/aromatic N) is 5. The second-order valence-electron chi connectivity index (χ2n) is 5.42. The highest BCUT2D eigenvalue weighted by atomic mass is 35.5. The minimum absolute atomic E-state index is 0.189. The van der Waals surface area contributed by atoms with Gasteiger partial charge in [0, 0.05) is 10.0 Å². The molecule has 0 unspecified atom stereocenters. The van der Waals surface area contributed by atoms with Gasteiger partial charge < -0.3 is 0 Å². The Kier molecular flexibility index (Phi) is 3.99. The molecule has 0 saturated carbocycles. The molecule has 6 nitrogen and oxygen atoms in total. The number of hydrogen-bond acceptors (Lipinski definition) is 4. The Balaban J connectivity index is 1.80. The fraction of sp³-hybridized carbons (Fsp3) is 0.0588. The highest BCUT2D eigenvalue weighted by Crippen LogP contribution is 2.18. The second-order valence-corrected chi connectivity index (χ2v) is 6.27. The molecule has 0 atom stereocenters. The van der Waals surface area contributed by atoms with Crippen LogP contribution in [0.2, 0.25) is 10.0 Å². The lowest BCUT2D eigenvalue weighted by molar-refractivity contribution is 0.745. The van der Waals surface area contributed by atoms with Gasteiger partial charge in [-0.25, -0.2) is 4.98 Å². The third kappa shape index (κ3) is 2.90. The maximum absolute atomic E-state index is 12.7. The number of aromatic nitrogens is 5. The Bertz CT molecular complexity index is 1140. The van der Waals surface area contributed by atoms with Crippen LogP contribution in [0.1, 0.15) is 5.56 Å². The summed E-state index contributed by atoms with van der Waals surface area (Å²) < 4.78 is 2.95. The van der Waals surface area contributed by atoms with Crippen molar-refractivity contribution in [2.45, 2.75) is 6.54 Å². The van der Waals surface area contributed by atoms with Gasteiger partial charge in [-0.3, -0.25) is 9.36 Å². The van der Waals surface area contributed by atoms with Gasteiger partial charge in [0.15, 0.2) is 11.2 Å². The highest BCUT2D eigenvalue weighted by Gasteiger charge is 2.14. The summed E-state index contributed by atoms with van der Waals surface area (Å²) in [7, 11) is 0. The Morgan fingerprint density at radius 1 is 1.04 bits per heavy atom. The van der Waals surface area contributed by atoms with Crippen molar-refractivity contribution in [3.05, 3.63) is 80.8 Å². The van der Waals surface area contributed by atoms with Crippen molar-refractivity contribution in [3.8, 4) is 5.69 Å². The molecule has 0 saturated heterocycles. The first-order chi connectivity index (χ1) is 12.1. The number of benzene rings is 2. The van der Waals surface area contributed by atoms with E-state index in [1.807, 2.05) is 24.3 Å².